The van der Waals surface area contributed by atoms with Crippen LogP contribution in [0.1, 0.15) is 11.3 Å². The summed E-state index contributed by atoms with van der Waals surface area (Å²) in [5.41, 5.74) is 9.05. The molecule has 5 aromatic rings. The Balaban J connectivity index is 1.79. The molecule has 0 bridgehead atoms. The van der Waals surface area contributed by atoms with Crippen LogP contribution in [-0.2, 0) is 0 Å². The molecule has 36 heavy (non-hydrogen) atoms. The maximum absolute atomic E-state index is 13.5. The quantitative estimate of drug-likeness (QED) is 0.389. The fraction of sp³-hybridized carbons (Fsp3) is 0.115. The minimum absolute atomic E-state index is 0.0428. The van der Waals surface area contributed by atoms with E-state index in [1.165, 1.54) is 14.2 Å². The number of aromatic amines is 1. The molecule has 178 valence electrons. The van der Waals surface area contributed by atoms with Crippen molar-refractivity contribution < 1.29 is 9.47 Å². The van der Waals surface area contributed by atoms with E-state index in [-0.39, 0.29) is 28.4 Å². The second-order valence-electron chi connectivity index (χ2n) is 7.97. The zero-order valence-corrected chi connectivity index (χ0v) is 19.7. The van der Waals surface area contributed by atoms with E-state index in [1.807, 2.05) is 43.3 Å². The zero-order valence-electron chi connectivity index (χ0n) is 19.7. The fourth-order valence-corrected chi connectivity index (χ4v) is 4.15. The highest BCUT2D eigenvalue weighted by Crippen LogP contribution is 2.37. The van der Waals surface area contributed by atoms with Gasteiger partial charge in [-0.25, -0.2) is 4.98 Å². The molecule has 2 aromatic carbocycles. The van der Waals surface area contributed by atoms with E-state index in [9.17, 15) is 10.1 Å². The minimum atomic E-state index is -0.490. The summed E-state index contributed by atoms with van der Waals surface area (Å²) in [6.07, 6.45) is 0. The van der Waals surface area contributed by atoms with Crippen molar-refractivity contribution in [1.82, 2.24) is 24.7 Å². The Morgan fingerprint density at radius 3 is 2.44 bits per heavy atom. The first-order chi connectivity index (χ1) is 17.4. The summed E-state index contributed by atoms with van der Waals surface area (Å²) in [4.78, 5) is 25.2. The summed E-state index contributed by atoms with van der Waals surface area (Å²) in [6.45, 7) is 1.85. The highest BCUT2D eigenvalue weighted by atomic mass is 16.5. The van der Waals surface area contributed by atoms with Crippen molar-refractivity contribution in [2.75, 3.05) is 20.0 Å². The highest BCUT2D eigenvalue weighted by Gasteiger charge is 2.22. The first-order valence-corrected chi connectivity index (χ1v) is 10.9. The predicted octanol–water partition coefficient (Wildman–Crippen LogP) is 3.62. The monoisotopic (exact) mass is 479 g/mol. The molecule has 10 nitrogen and oxygen atoms in total. The number of aryl methyl sites for hydroxylation is 1. The van der Waals surface area contributed by atoms with Crippen LogP contribution >= 0.6 is 0 Å². The number of nitrogens with zero attached hydrogens (tertiary/aromatic N) is 5. The van der Waals surface area contributed by atoms with Gasteiger partial charge in [0.1, 0.15) is 17.5 Å². The van der Waals surface area contributed by atoms with E-state index in [0.717, 1.165) is 17.0 Å². The van der Waals surface area contributed by atoms with Crippen molar-refractivity contribution in [1.29, 1.82) is 5.26 Å². The number of aromatic nitrogens is 5. The molecular weight excluding hydrogens is 458 g/mol. The number of hydrogen-bond acceptors (Lipinski definition) is 8. The number of methoxy groups -OCH3 is 2. The molecule has 0 aliphatic rings. The van der Waals surface area contributed by atoms with Crippen LogP contribution in [-0.4, -0.2) is 39.0 Å². The summed E-state index contributed by atoms with van der Waals surface area (Å²) >= 11 is 0. The van der Waals surface area contributed by atoms with Crippen molar-refractivity contribution in [2.45, 2.75) is 6.92 Å². The first kappa shape index (κ1) is 22.6. The number of benzene rings is 2. The number of fused-ring (bicyclic) bond motifs is 1. The average molecular weight is 480 g/mol. The van der Waals surface area contributed by atoms with Crippen molar-refractivity contribution in [3.8, 4) is 45.9 Å². The second-order valence-corrected chi connectivity index (χ2v) is 7.97. The Kier molecular flexibility index (Phi) is 5.58. The number of H-pyrrole nitrogens is 1. The summed E-state index contributed by atoms with van der Waals surface area (Å²) in [5.74, 6) is 1.07. The Labute approximate surface area is 205 Å². The van der Waals surface area contributed by atoms with E-state index in [1.54, 1.807) is 22.9 Å². The summed E-state index contributed by atoms with van der Waals surface area (Å²) in [7, 11) is 3.03. The molecule has 0 fully saturated rings. The lowest BCUT2D eigenvalue weighted by Gasteiger charge is -2.14. The molecule has 3 aromatic heterocycles. The van der Waals surface area contributed by atoms with Crippen molar-refractivity contribution >= 4 is 16.9 Å². The molecule has 10 heteroatoms. The summed E-state index contributed by atoms with van der Waals surface area (Å²) in [5, 5.41) is 14.5. The molecule has 3 N–H and O–H groups in total. The van der Waals surface area contributed by atoms with Gasteiger partial charge in [-0.15, -0.1) is 0 Å². The minimum Gasteiger partial charge on any atom is -0.493 e. The van der Waals surface area contributed by atoms with Gasteiger partial charge < -0.3 is 15.2 Å². The maximum Gasteiger partial charge on any atom is 0.262 e. The van der Waals surface area contributed by atoms with Gasteiger partial charge in [-0.1, -0.05) is 36.4 Å². The van der Waals surface area contributed by atoms with E-state index in [0.29, 0.717) is 22.6 Å². The van der Waals surface area contributed by atoms with Gasteiger partial charge in [0, 0.05) is 11.1 Å². The van der Waals surface area contributed by atoms with Crippen LogP contribution in [0.3, 0.4) is 0 Å². The third-order valence-electron chi connectivity index (χ3n) is 5.76. The average Bonchev–Trinajstić information content (AvgIpc) is 3.29. The topological polar surface area (TPSA) is 145 Å². The zero-order chi connectivity index (χ0) is 25.4. The number of ether oxygens (including phenoxy) is 2. The third kappa shape index (κ3) is 3.69. The number of hydrogen-bond donors (Lipinski definition) is 2. The smallest absolute Gasteiger partial charge is 0.262 e. The van der Waals surface area contributed by atoms with Crippen molar-refractivity contribution in [3.63, 3.8) is 0 Å². The van der Waals surface area contributed by atoms with E-state index >= 15 is 0 Å². The molecule has 0 spiro atoms. The Bertz CT molecular complexity index is 1720. The molecule has 0 radical (unpaired) electrons. The van der Waals surface area contributed by atoms with Crippen LogP contribution in [0.15, 0.2) is 59.4 Å². The van der Waals surface area contributed by atoms with Gasteiger partial charge in [0.2, 0.25) is 5.95 Å². The molecule has 5 rings (SSSR count). The van der Waals surface area contributed by atoms with Gasteiger partial charge in [-0.2, -0.15) is 20.0 Å². The summed E-state index contributed by atoms with van der Waals surface area (Å²) in [6, 6.07) is 18.7. The van der Waals surface area contributed by atoms with Gasteiger partial charge >= 0.3 is 0 Å². The lowest BCUT2D eigenvalue weighted by atomic mass is 9.97. The predicted molar refractivity (Wildman–Crippen MR) is 135 cm³/mol. The van der Waals surface area contributed by atoms with E-state index < -0.39 is 5.56 Å². The third-order valence-corrected chi connectivity index (χ3v) is 5.76. The number of nitriles is 1. The number of nitrogens with two attached hydrogens (primary N) is 1. The van der Waals surface area contributed by atoms with Crippen LogP contribution in [0.25, 0.3) is 39.4 Å². The summed E-state index contributed by atoms with van der Waals surface area (Å²) < 4.78 is 12.3. The Morgan fingerprint density at radius 2 is 1.75 bits per heavy atom. The highest BCUT2D eigenvalue weighted by molar-refractivity contribution is 5.98. The molecule has 0 saturated carbocycles. The van der Waals surface area contributed by atoms with Gasteiger partial charge in [-0.05, 0) is 30.7 Å². The number of nitrogen functional groups attached to an aromatic ring is 1. The van der Waals surface area contributed by atoms with Crippen LogP contribution in [0.4, 0.5) is 5.82 Å². The molecule has 0 atom stereocenters. The van der Waals surface area contributed by atoms with Crippen LogP contribution in [0, 0.1) is 18.3 Å². The molecule has 0 unspecified atom stereocenters. The van der Waals surface area contributed by atoms with Crippen LogP contribution in [0.2, 0.25) is 0 Å². The molecule has 3 heterocycles. The molecular formula is C26H21N7O3. The second kappa shape index (κ2) is 8.88. The number of rotatable bonds is 5. The fourth-order valence-electron chi connectivity index (χ4n) is 4.15. The van der Waals surface area contributed by atoms with Gasteiger partial charge in [0.05, 0.1) is 31.0 Å². The maximum atomic E-state index is 13.5. The van der Waals surface area contributed by atoms with E-state index in [4.69, 9.17) is 15.2 Å². The Morgan fingerprint density at radius 1 is 1.00 bits per heavy atom. The van der Waals surface area contributed by atoms with Crippen LogP contribution < -0.4 is 20.8 Å². The van der Waals surface area contributed by atoms with Gasteiger partial charge in [0.15, 0.2) is 17.1 Å². The van der Waals surface area contributed by atoms with Gasteiger partial charge in [-0.3, -0.25) is 9.78 Å². The normalized spacial score (nSPS) is 10.8. The lowest BCUT2D eigenvalue weighted by molar-refractivity contribution is 0.355. The molecule has 0 amide bonds. The largest absolute Gasteiger partial charge is 0.493 e. The van der Waals surface area contributed by atoms with E-state index in [2.05, 4.69) is 26.1 Å². The molecule has 0 aliphatic carbocycles. The number of pyridine rings is 1. The van der Waals surface area contributed by atoms with Crippen molar-refractivity contribution in [2.24, 2.45) is 0 Å². The Hall–Kier alpha value is -5.17. The van der Waals surface area contributed by atoms with Crippen molar-refractivity contribution in [3.05, 3.63) is 76.2 Å². The van der Waals surface area contributed by atoms with Gasteiger partial charge in [0.25, 0.3) is 5.56 Å². The SMILES string of the molecule is COc1ccc(-c2c(C#N)c(N)nc3nc(-n4nc(C)cc4-c4ccccc4)[nH]c(=O)c23)cc1OC. The lowest BCUT2D eigenvalue weighted by Crippen LogP contribution is -2.17. The first-order valence-electron chi connectivity index (χ1n) is 10.9. The standard InChI is InChI=1S/C26H21N7O3/c1-14-11-18(15-7-5-4-6-8-15)33(32-14)26-30-24-22(25(34)31-26)21(17(13-27)23(28)29-24)16-9-10-19(35-2)20(12-16)36-3/h4-12H,1-3H3,(H3,28,29,30,31,34). The number of anilines is 1. The van der Waals surface area contributed by atoms with Crippen LogP contribution in [0.5, 0.6) is 11.5 Å². The molecule has 0 aliphatic heterocycles. The number of nitrogens with one attached hydrogen (secondary N) is 1. The molecule has 0 saturated heterocycles.